The van der Waals surface area contributed by atoms with E-state index < -0.39 is 0 Å². The molecule has 28 heavy (non-hydrogen) atoms. The summed E-state index contributed by atoms with van der Waals surface area (Å²) in [4.78, 5) is 13.6. The zero-order valence-corrected chi connectivity index (χ0v) is 16.8. The van der Waals surface area contributed by atoms with Crippen LogP contribution in [-0.4, -0.2) is 24.7 Å². The van der Waals surface area contributed by atoms with E-state index in [9.17, 15) is 9.18 Å². The molecule has 152 valence electrons. The molecule has 1 aromatic rings. The molecule has 5 aliphatic rings. The lowest BCUT2D eigenvalue weighted by Gasteiger charge is -2.65. The van der Waals surface area contributed by atoms with Gasteiger partial charge in [-0.1, -0.05) is 30.3 Å². The highest BCUT2D eigenvalue weighted by Gasteiger charge is 2.66. The lowest BCUT2D eigenvalue weighted by molar-refractivity contribution is -0.166. The van der Waals surface area contributed by atoms with Crippen molar-refractivity contribution in [3.05, 3.63) is 35.9 Å². The third-order valence-electron chi connectivity index (χ3n) is 8.44. The topological polar surface area (TPSA) is 55.1 Å². The van der Waals surface area contributed by atoms with Crippen LogP contribution in [0.25, 0.3) is 0 Å². The van der Waals surface area contributed by atoms with Crippen molar-refractivity contribution in [3.63, 3.8) is 0 Å². The molecule has 1 amide bonds. The van der Waals surface area contributed by atoms with Crippen molar-refractivity contribution in [1.82, 2.24) is 5.32 Å². The van der Waals surface area contributed by atoms with Gasteiger partial charge in [-0.15, -0.1) is 0 Å². The first-order valence-electron chi connectivity index (χ1n) is 11.1. The van der Waals surface area contributed by atoms with E-state index in [-0.39, 0.29) is 40.9 Å². The van der Waals surface area contributed by atoms with Gasteiger partial charge in [0.25, 0.3) is 0 Å². The van der Waals surface area contributed by atoms with Gasteiger partial charge >= 0.3 is 0 Å². The van der Waals surface area contributed by atoms with Crippen LogP contribution >= 0.6 is 0 Å². The van der Waals surface area contributed by atoms with E-state index in [1.165, 1.54) is 5.56 Å². The van der Waals surface area contributed by atoms with E-state index in [0.717, 1.165) is 64.2 Å². The lowest BCUT2D eigenvalue weighted by Crippen LogP contribution is -2.64. The molecule has 5 aliphatic carbocycles. The number of hydrogen-bond acceptors (Lipinski definition) is 2. The quantitative estimate of drug-likeness (QED) is 0.815. The second-order valence-corrected chi connectivity index (χ2v) is 10.7. The molecule has 4 heteroatoms. The second-order valence-electron chi connectivity index (χ2n) is 10.7. The Kier molecular flexibility index (Phi) is 4.35. The number of benzene rings is 1. The van der Waals surface area contributed by atoms with Gasteiger partial charge in [0, 0.05) is 17.5 Å². The van der Waals surface area contributed by atoms with Crippen LogP contribution in [-0.2, 0) is 10.2 Å². The Bertz CT molecular complexity index is 746. The maximum Gasteiger partial charge on any atom is 0.226 e. The van der Waals surface area contributed by atoms with Gasteiger partial charge in [-0.25, -0.2) is 0 Å². The highest BCUT2D eigenvalue weighted by atomic mass is 19.1. The van der Waals surface area contributed by atoms with Gasteiger partial charge in [0.15, 0.2) is 0 Å². The maximum absolute atomic E-state index is 14.4. The average Bonchev–Trinajstić information content (AvgIpc) is 2.69. The van der Waals surface area contributed by atoms with E-state index in [2.05, 4.69) is 29.6 Å². The minimum Gasteiger partial charge on any atom is -0.353 e. The number of carbonyl (C=O) groups is 1. The third kappa shape index (κ3) is 2.91. The molecule has 4 atom stereocenters. The number of nitrogens with one attached hydrogen (secondary N) is 1. The van der Waals surface area contributed by atoms with E-state index in [1.807, 2.05) is 6.07 Å². The molecule has 0 aliphatic heterocycles. The highest BCUT2D eigenvalue weighted by Crippen LogP contribution is 2.70. The largest absolute Gasteiger partial charge is 0.353 e. The van der Waals surface area contributed by atoms with Crippen molar-refractivity contribution < 1.29 is 9.18 Å². The van der Waals surface area contributed by atoms with E-state index in [1.54, 1.807) is 0 Å². The molecule has 6 rings (SSSR count). The van der Waals surface area contributed by atoms with Crippen LogP contribution in [0.15, 0.2) is 30.3 Å². The number of hydrogen-bond donors (Lipinski definition) is 2. The third-order valence-corrected chi connectivity index (χ3v) is 8.44. The molecule has 4 bridgehead atoms. The number of nitrogens with two attached hydrogens (primary N) is 1. The van der Waals surface area contributed by atoms with Crippen molar-refractivity contribution in [1.29, 1.82) is 0 Å². The highest BCUT2D eigenvalue weighted by molar-refractivity contribution is 5.84. The van der Waals surface area contributed by atoms with Crippen LogP contribution in [0.3, 0.4) is 0 Å². The molecule has 0 radical (unpaired) electrons. The van der Waals surface area contributed by atoms with Crippen molar-refractivity contribution in [2.45, 2.75) is 81.7 Å². The molecular weight excluding hydrogens is 351 g/mol. The first kappa shape index (κ1) is 18.6. The number of alkyl halides is 1. The first-order valence-corrected chi connectivity index (χ1v) is 11.1. The van der Waals surface area contributed by atoms with Crippen molar-refractivity contribution in [3.8, 4) is 0 Å². The average molecular weight is 385 g/mol. The summed E-state index contributed by atoms with van der Waals surface area (Å²) in [5.41, 5.74) is 6.63. The molecule has 0 saturated heterocycles. The normalized spacial score (nSPS) is 44.4. The molecular formula is C24H33FN2O. The summed E-state index contributed by atoms with van der Waals surface area (Å²) in [6.07, 6.45) is 9.49. The molecule has 0 heterocycles. The molecule has 0 aromatic heterocycles. The predicted octanol–water partition coefficient (Wildman–Crippen LogP) is 4.25. The Balaban J connectivity index is 1.45. The number of halogens is 1. The fourth-order valence-electron chi connectivity index (χ4n) is 7.76. The van der Waals surface area contributed by atoms with Crippen LogP contribution in [0.2, 0.25) is 0 Å². The van der Waals surface area contributed by atoms with Crippen LogP contribution in [0.4, 0.5) is 4.39 Å². The van der Waals surface area contributed by atoms with Gasteiger partial charge < -0.3 is 11.1 Å². The van der Waals surface area contributed by atoms with Crippen LogP contribution in [0, 0.1) is 16.7 Å². The van der Waals surface area contributed by atoms with Crippen molar-refractivity contribution >= 4 is 5.91 Å². The summed E-state index contributed by atoms with van der Waals surface area (Å²) in [6.45, 7) is -0.286. The Morgan fingerprint density at radius 3 is 2.50 bits per heavy atom. The van der Waals surface area contributed by atoms with E-state index in [4.69, 9.17) is 5.73 Å². The summed E-state index contributed by atoms with van der Waals surface area (Å²) < 4.78 is 14.4. The number of amides is 1. The van der Waals surface area contributed by atoms with Crippen molar-refractivity contribution in [2.24, 2.45) is 22.5 Å². The van der Waals surface area contributed by atoms with Gasteiger partial charge in [0.1, 0.15) is 0 Å². The molecule has 5 saturated carbocycles. The zero-order valence-electron chi connectivity index (χ0n) is 16.8. The molecule has 3 N–H and O–H groups in total. The fourth-order valence-corrected chi connectivity index (χ4v) is 7.76. The maximum atomic E-state index is 14.4. The summed E-state index contributed by atoms with van der Waals surface area (Å²) in [5.74, 6) is 0.674. The minimum absolute atomic E-state index is 0.0287. The summed E-state index contributed by atoms with van der Waals surface area (Å²) in [6, 6.07) is 11.2. The molecule has 3 nitrogen and oxygen atoms in total. The SMILES string of the molecule is NC1CCC(NC(=O)C23CC4C[C@@](CF)(C2)C[C@](c2ccccc2)(C4)C3)CC1. The van der Waals surface area contributed by atoms with Crippen LogP contribution < -0.4 is 11.1 Å². The van der Waals surface area contributed by atoms with Crippen LogP contribution in [0.1, 0.15) is 69.8 Å². The van der Waals surface area contributed by atoms with Gasteiger partial charge in [-0.05, 0) is 81.1 Å². The van der Waals surface area contributed by atoms with Gasteiger partial charge in [-0.3, -0.25) is 9.18 Å². The summed E-state index contributed by atoms with van der Waals surface area (Å²) in [5, 5.41) is 3.39. The number of rotatable bonds is 4. The Morgan fingerprint density at radius 2 is 1.79 bits per heavy atom. The van der Waals surface area contributed by atoms with Crippen LogP contribution in [0.5, 0.6) is 0 Å². The van der Waals surface area contributed by atoms with Gasteiger partial charge in [-0.2, -0.15) is 0 Å². The Morgan fingerprint density at radius 1 is 1.04 bits per heavy atom. The smallest absolute Gasteiger partial charge is 0.226 e. The minimum atomic E-state index is -0.388. The van der Waals surface area contributed by atoms with Crippen molar-refractivity contribution in [2.75, 3.05) is 6.67 Å². The molecule has 0 spiro atoms. The fraction of sp³-hybridized carbons (Fsp3) is 0.708. The molecule has 5 fully saturated rings. The summed E-state index contributed by atoms with van der Waals surface area (Å²) >= 11 is 0. The van der Waals surface area contributed by atoms with E-state index in [0.29, 0.717) is 5.92 Å². The Hall–Kier alpha value is -1.42. The molecule has 1 aromatic carbocycles. The van der Waals surface area contributed by atoms with Gasteiger partial charge in [0.05, 0.1) is 12.1 Å². The van der Waals surface area contributed by atoms with Gasteiger partial charge in [0.2, 0.25) is 5.91 Å². The monoisotopic (exact) mass is 384 g/mol. The first-order chi connectivity index (χ1) is 13.5. The second kappa shape index (κ2) is 6.55. The van der Waals surface area contributed by atoms with E-state index >= 15 is 0 Å². The molecule has 2 unspecified atom stereocenters. The summed E-state index contributed by atoms with van der Waals surface area (Å²) in [7, 11) is 0. The lowest BCUT2D eigenvalue weighted by atomic mass is 9.38. The zero-order chi connectivity index (χ0) is 19.4. The Labute approximate surface area is 167 Å². The number of carbonyl (C=O) groups excluding carboxylic acids is 1. The standard InChI is InChI=1S/C24H33FN2O/c25-16-22-10-17-11-23(13-22,18-4-2-1-3-5-18)15-24(12-17,14-22)21(28)27-20-8-6-19(26)7-9-20/h1-5,17,19-20H,6-16,26H2,(H,27,28)/t17?,19?,20?,22-,23+,24?/m0/s1. The predicted molar refractivity (Wildman–Crippen MR) is 109 cm³/mol.